The number of hydrogen-bond donors (Lipinski definition) is 2. The highest BCUT2D eigenvalue weighted by atomic mass is 79.9. The molecule has 2 N–H and O–H groups in total. The minimum atomic E-state index is -0.265. The van der Waals surface area contributed by atoms with Gasteiger partial charge in [0.1, 0.15) is 5.75 Å². The summed E-state index contributed by atoms with van der Waals surface area (Å²) in [5.74, 6) is 0.721. The second-order valence-corrected chi connectivity index (χ2v) is 8.15. The molecule has 7 nitrogen and oxygen atoms in total. The van der Waals surface area contributed by atoms with Gasteiger partial charge in [0.25, 0.3) is 5.91 Å². The molecule has 0 aliphatic rings. The van der Waals surface area contributed by atoms with Crippen molar-refractivity contribution in [2.45, 2.75) is 27.3 Å². The number of hydrogen-bond acceptors (Lipinski definition) is 4. The van der Waals surface area contributed by atoms with Crippen LogP contribution in [0.2, 0.25) is 0 Å². The molecule has 0 fully saturated rings. The number of benzene rings is 2. The fourth-order valence-electron chi connectivity index (χ4n) is 3.17. The van der Waals surface area contributed by atoms with Gasteiger partial charge in [-0.3, -0.25) is 14.8 Å². The zero-order chi connectivity index (χ0) is 22.5. The highest BCUT2D eigenvalue weighted by Crippen LogP contribution is 2.25. The van der Waals surface area contributed by atoms with E-state index in [2.05, 4.69) is 36.7 Å². The van der Waals surface area contributed by atoms with E-state index >= 15 is 0 Å². The summed E-state index contributed by atoms with van der Waals surface area (Å²) >= 11 is 3.41. The molecule has 0 radical (unpaired) electrons. The Kier molecular flexibility index (Phi) is 7.12. The van der Waals surface area contributed by atoms with Gasteiger partial charge in [0.05, 0.1) is 25.0 Å². The number of ether oxygens (including phenoxy) is 1. The molecule has 3 rings (SSSR count). The lowest BCUT2D eigenvalue weighted by Gasteiger charge is -2.15. The summed E-state index contributed by atoms with van der Waals surface area (Å²) in [6.45, 7) is 6.32. The van der Waals surface area contributed by atoms with Crippen LogP contribution in [0.15, 0.2) is 51.9 Å². The lowest BCUT2D eigenvalue weighted by molar-refractivity contribution is 0.0977. The SMILES string of the molecule is COc1ccc(C)cc1NC(=NCc1c(C)nn(C)c1C)NC(=O)c1cccc(Br)c1. The first-order valence-electron chi connectivity index (χ1n) is 9.80. The van der Waals surface area contributed by atoms with Gasteiger partial charge in [0.2, 0.25) is 5.96 Å². The van der Waals surface area contributed by atoms with Crippen molar-refractivity contribution in [3.05, 3.63) is 75.0 Å². The van der Waals surface area contributed by atoms with Gasteiger partial charge in [-0.25, -0.2) is 4.99 Å². The number of nitrogens with zero attached hydrogens (tertiary/aromatic N) is 3. The van der Waals surface area contributed by atoms with E-state index in [0.29, 0.717) is 23.8 Å². The van der Waals surface area contributed by atoms with Crippen LogP contribution in [0.3, 0.4) is 0 Å². The summed E-state index contributed by atoms with van der Waals surface area (Å²) in [4.78, 5) is 17.5. The Balaban J connectivity index is 1.93. The molecule has 1 amide bonds. The molecule has 1 aromatic heterocycles. The third-order valence-electron chi connectivity index (χ3n) is 4.98. The standard InChI is InChI=1S/C23H26BrN5O2/c1-14-9-10-21(31-5)20(11-14)26-23(25-13-19-15(2)28-29(4)16(19)3)27-22(30)17-7-6-8-18(24)12-17/h6-12H,13H2,1-5H3,(H2,25,26,27,30). The number of aliphatic imine (C=N–C) groups is 1. The minimum absolute atomic E-state index is 0.265. The number of aryl methyl sites for hydroxylation is 3. The minimum Gasteiger partial charge on any atom is -0.495 e. The number of carbonyl (C=O) groups excluding carboxylic acids is 1. The molecule has 0 spiro atoms. The Labute approximate surface area is 190 Å². The average Bonchev–Trinajstić information content (AvgIpc) is 2.97. The first kappa shape index (κ1) is 22.6. The van der Waals surface area contributed by atoms with Crippen molar-refractivity contribution in [1.29, 1.82) is 0 Å². The van der Waals surface area contributed by atoms with Gasteiger partial charge < -0.3 is 10.1 Å². The molecule has 0 saturated carbocycles. The van der Waals surface area contributed by atoms with Crippen molar-refractivity contribution < 1.29 is 9.53 Å². The number of anilines is 1. The molecule has 31 heavy (non-hydrogen) atoms. The fourth-order valence-corrected chi connectivity index (χ4v) is 3.57. The lowest BCUT2D eigenvalue weighted by atomic mass is 10.2. The molecule has 162 valence electrons. The number of aromatic nitrogens is 2. The van der Waals surface area contributed by atoms with Crippen molar-refractivity contribution in [1.82, 2.24) is 15.1 Å². The van der Waals surface area contributed by atoms with Crippen molar-refractivity contribution in [2.75, 3.05) is 12.4 Å². The van der Waals surface area contributed by atoms with Gasteiger partial charge >= 0.3 is 0 Å². The molecule has 0 atom stereocenters. The van der Waals surface area contributed by atoms with Gasteiger partial charge in [0.15, 0.2) is 0 Å². The smallest absolute Gasteiger partial charge is 0.257 e. The number of halogens is 1. The quantitative estimate of drug-likeness (QED) is 0.413. The zero-order valence-corrected chi connectivity index (χ0v) is 19.9. The predicted octanol–water partition coefficient (Wildman–Crippen LogP) is 4.51. The summed E-state index contributed by atoms with van der Waals surface area (Å²) in [6, 6.07) is 13.0. The molecule has 0 aliphatic carbocycles. The van der Waals surface area contributed by atoms with Gasteiger partial charge in [-0.05, 0) is 56.7 Å². The number of carbonyl (C=O) groups is 1. The highest BCUT2D eigenvalue weighted by molar-refractivity contribution is 9.10. The molecule has 2 aromatic carbocycles. The number of methoxy groups -OCH3 is 1. The summed E-state index contributed by atoms with van der Waals surface area (Å²) in [5.41, 5.74) is 5.26. The Hall–Kier alpha value is -3.13. The third-order valence-corrected chi connectivity index (χ3v) is 5.47. The first-order chi connectivity index (χ1) is 14.8. The van der Waals surface area contributed by atoms with Crippen molar-refractivity contribution >= 4 is 33.5 Å². The number of amides is 1. The summed E-state index contributed by atoms with van der Waals surface area (Å²) in [5, 5.41) is 10.6. The van der Waals surface area contributed by atoms with E-state index in [1.165, 1.54) is 0 Å². The van der Waals surface area contributed by atoms with Crippen LogP contribution in [0.5, 0.6) is 5.75 Å². The van der Waals surface area contributed by atoms with Crippen molar-refractivity contribution in [3.63, 3.8) is 0 Å². The second kappa shape index (κ2) is 9.78. The van der Waals surface area contributed by atoms with Gasteiger partial charge in [-0.15, -0.1) is 0 Å². The molecular weight excluding hydrogens is 458 g/mol. The van der Waals surface area contributed by atoms with E-state index in [9.17, 15) is 4.79 Å². The van der Waals surface area contributed by atoms with E-state index in [1.807, 2.05) is 62.8 Å². The van der Waals surface area contributed by atoms with Crippen LogP contribution >= 0.6 is 15.9 Å². The largest absolute Gasteiger partial charge is 0.495 e. The van der Waals surface area contributed by atoms with Crippen LogP contribution < -0.4 is 15.4 Å². The van der Waals surface area contributed by atoms with Crippen molar-refractivity contribution in [2.24, 2.45) is 12.0 Å². The molecule has 0 bridgehead atoms. The Morgan fingerprint density at radius 3 is 2.61 bits per heavy atom. The maximum atomic E-state index is 12.9. The van der Waals surface area contributed by atoms with Gasteiger partial charge in [-0.1, -0.05) is 28.1 Å². The zero-order valence-electron chi connectivity index (χ0n) is 18.3. The number of rotatable bonds is 5. The monoisotopic (exact) mass is 483 g/mol. The fraction of sp³-hybridized carbons (Fsp3) is 0.261. The maximum absolute atomic E-state index is 12.9. The van der Waals surface area contributed by atoms with Crippen LogP contribution in [-0.2, 0) is 13.6 Å². The Bertz CT molecular complexity index is 1140. The van der Waals surface area contributed by atoms with E-state index in [4.69, 9.17) is 4.74 Å². The molecular formula is C23H26BrN5O2. The summed E-state index contributed by atoms with van der Waals surface area (Å²) < 4.78 is 8.12. The molecule has 1 heterocycles. The van der Waals surface area contributed by atoms with Gasteiger partial charge in [-0.2, -0.15) is 5.10 Å². The predicted molar refractivity (Wildman–Crippen MR) is 127 cm³/mol. The molecule has 8 heteroatoms. The summed E-state index contributed by atoms with van der Waals surface area (Å²) in [7, 11) is 3.51. The topological polar surface area (TPSA) is 80.5 Å². The van der Waals surface area contributed by atoms with Crippen LogP contribution in [0, 0.1) is 20.8 Å². The van der Waals surface area contributed by atoms with Crippen LogP contribution in [0.1, 0.15) is 32.9 Å². The van der Waals surface area contributed by atoms with Crippen LogP contribution in [-0.4, -0.2) is 28.8 Å². The van der Waals surface area contributed by atoms with Gasteiger partial charge in [0, 0.05) is 28.3 Å². The normalized spacial score (nSPS) is 11.4. The highest BCUT2D eigenvalue weighted by Gasteiger charge is 2.14. The average molecular weight is 484 g/mol. The maximum Gasteiger partial charge on any atom is 0.257 e. The lowest BCUT2D eigenvalue weighted by Crippen LogP contribution is -2.36. The van der Waals surface area contributed by atoms with E-state index < -0.39 is 0 Å². The Morgan fingerprint density at radius 2 is 1.97 bits per heavy atom. The molecule has 3 aromatic rings. The van der Waals surface area contributed by atoms with Crippen LogP contribution in [0.25, 0.3) is 0 Å². The summed E-state index contributed by atoms with van der Waals surface area (Å²) in [6.07, 6.45) is 0. The van der Waals surface area contributed by atoms with E-state index in [0.717, 1.165) is 32.7 Å². The Morgan fingerprint density at radius 1 is 1.19 bits per heavy atom. The number of nitrogens with one attached hydrogen (secondary N) is 2. The molecule has 0 saturated heterocycles. The first-order valence-corrected chi connectivity index (χ1v) is 10.6. The number of guanidine groups is 1. The molecule has 0 unspecified atom stereocenters. The molecule has 0 aliphatic heterocycles. The third kappa shape index (κ3) is 5.52. The van der Waals surface area contributed by atoms with E-state index in [1.54, 1.807) is 19.2 Å². The van der Waals surface area contributed by atoms with Crippen molar-refractivity contribution in [3.8, 4) is 5.75 Å². The van der Waals surface area contributed by atoms with E-state index in [-0.39, 0.29) is 5.91 Å². The van der Waals surface area contributed by atoms with Crippen LogP contribution in [0.4, 0.5) is 5.69 Å². The second-order valence-electron chi connectivity index (χ2n) is 7.23.